The van der Waals surface area contributed by atoms with Crippen molar-refractivity contribution in [2.45, 2.75) is 69.8 Å². The Morgan fingerprint density at radius 1 is 1.27 bits per heavy atom. The lowest BCUT2D eigenvalue weighted by Crippen LogP contribution is -2.50. The minimum atomic E-state index is -0.331. The van der Waals surface area contributed by atoms with Crippen LogP contribution in [0.2, 0.25) is 0 Å². The van der Waals surface area contributed by atoms with Crippen molar-refractivity contribution >= 4 is 28.5 Å². The van der Waals surface area contributed by atoms with Gasteiger partial charge in [-0.05, 0) is 38.0 Å². The van der Waals surface area contributed by atoms with Crippen molar-refractivity contribution in [2.24, 2.45) is 4.99 Å². The van der Waals surface area contributed by atoms with Crippen LogP contribution in [0.3, 0.4) is 0 Å². The van der Waals surface area contributed by atoms with E-state index in [0.717, 1.165) is 18.0 Å². The van der Waals surface area contributed by atoms with Crippen molar-refractivity contribution in [3.05, 3.63) is 30.1 Å². The third-order valence-electron chi connectivity index (χ3n) is 5.22. The van der Waals surface area contributed by atoms with E-state index in [1.807, 2.05) is 7.05 Å². The summed E-state index contributed by atoms with van der Waals surface area (Å²) in [4.78, 5) is 21.2. The first-order valence-corrected chi connectivity index (χ1v) is 10.4. The number of hydrogen-bond donors (Lipinski definition) is 0. The molecule has 0 N–H and O–H groups in total. The van der Waals surface area contributed by atoms with E-state index in [9.17, 15) is 9.18 Å². The summed E-state index contributed by atoms with van der Waals surface area (Å²) in [5.41, 5.74) is 0.595. The van der Waals surface area contributed by atoms with Crippen LogP contribution in [0.15, 0.2) is 29.3 Å². The molecule has 1 saturated carbocycles. The number of carbonyl (C=O) groups excluding carboxylic acids is 1. The third kappa shape index (κ3) is 4.22. The lowest BCUT2D eigenvalue weighted by Gasteiger charge is -2.35. The molecule has 142 valence electrons. The molecule has 0 aromatic heterocycles. The quantitative estimate of drug-likeness (QED) is 0.719. The number of thioether (sulfide) groups is 1. The molecule has 2 unspecified atom stereocenters. The van der Waals surface area contributed by atoms with Crippen molar-refractivity contribution in [3.8, 4) is 0 Å². The summed E-state index contributed by atoms with van der Waals surface area (Å²) in [6.07, 6.45) is 7.25. The van der Waals surface area contributed by atoms with Crippen LogP contribution in [0.25, 0.3) is 0 Å². The molecule has 0 bridgehead atoms. The summed E-state index contributed by atoms with van der Waals surface area (Å²) in [7, 11) is 1.99. The van der Waals surface area contributed by atoms with Gasteiger partial charge in [0.05, 0.1) is 6.04 Å². The van der Waals surface area contributed by atoms with Gasteiger partial charge in [-0.15, -0.1) is 0 Å². The second-order valence-electron chi connectivity index (χ2n) is 7.27. The first kappa shape index (κ1) is 19.2. The molecular weight excluding hydrogens is 349 g/mol. The molecule has 2 fully saturated rings. The molecule has 6 heteroatoms. The van der Waals surface area contributed by atoms with E-state index in [1.165, 1.54) is 44.7 Å². The van der Waals surface area contributed by atoms with Crippen molar-refractivity contribution in [1.29, 1.82) is 0 Å². The fourth-order valence-electron chi connectivity index (χ4n) is 3.93. The van der Waals surface area contributed by atoms with Gasteiger partial charge in [0.25, 0.3) is 0 Å². The molecule has 2 aliphatic rings. The highest BCUT2D eigenvalue weighted by atomic mass is 32.2. The minimum absolute atomic E-state index is 0.0874. The number of nitrogens with zero attached hydrogens (tertiary/aromatic N) is 3. The van der Waals surface area contributed by atoms with E-state index >= 15 is 0 Å². The van der Waals surface area contributed by atoms with Gasteiger partial charge in [0.2, 0.25) is 5.91 Å². The second kappa shape index (κ2) is 8.42. The predicted molar refractivity (Wildman–Crippen MR) is 107 cm³/mol. The molecular formula is C20H28FN3OS. The van der Waals surface area contributed by atoms with Crippen LogP contribution in [0.1, 0.15) is 52.4 Å². The number of anilines is 1. The lowest BCUT2D eigenvalue weighted by atomic mass is 10.1. The molecule has 26 heavy (non-hydrogen) atoms. The van der Waals surface area contributed by atoms with Gasteiger partial charge in [-0.2, -0.15) is 0 Å². The monoisotopic (exact) mass is 377 g/mol. The normalized spacial score (nSPS) is 26.2. The number of amidine groups is 1. The fourth-order valence-corrected chi connectivity index (χ4v) is 5.18. The average molecular weight is 378 g/mol. The maximum atomic E-state index is 13.7. The zero-order valence-electron chi connectivity index (χ0n) is 15.8. The largest absolute Gasteiger partial charge is 0.333 e. The first-order chi connectivity index (χ1) is 12.5. The standard InChI is InChI=1S/C20H28FN3OS/c1-14-19(24(15(2)25)18-12-8-9-16(21)13-18)23(3)20(26-14)22-17-10-6-4-5-7-11-17/h8-9,12-14,17,19H,4-7,10-11H2,1-3H3. The first-order valence-electron chi connectivity index (χ1n) is 9.50. The van der Waals surface area contributed by atoms with E-state index in [0.29, 0.717) is 11.7 Å². The van der Waals surface area contributed by atoms with E-state index in [1.54, 1.807) is 28.8 Å². The summed E-state index contributed by atoms with van der Waals surface area (Å²) >= 11 is 1.72. The number of hydrogen-bond acceptors (Lipinski definition) is 3. The van der Waals surface area contributed by atoms with Crippen LogP contribution in [0.4, 0.5) is 10.1 Å². The summed E-state index contributed by atoms with van der Waals surface area (Å²) in [5.74, 6) is -0.419. The number of rotatable bonds is 3. The highest BCUT2D eigenvalue weighted by Crippen LogP contribution is 2.36. The summed E-state index contributed by atoms with van der Waals surface area (Å²) in [6, 6.07) is 6.64. The molecule has 1 amide bonds. The van der Waals surface area contributed by atoms with E-state index < -0.39 is 0 Å². The Bertz CT molecular complexity index is 673. The van der Waals surface area contributed by atoms with Crippen molar-refractivity contribution in [3.63, 3.8) is 0 Å². The Balaban J connectivity index is 1.85. The molecule has 1 aliphatic carbocycles. The van der Waals surface area contributed by atoms with Gasteiger partial charge < -0.3 is 4.90 Å². The number of halogens is 1. The molecule has 1 saturated heterocycles. The maximum Gasteiger partial charge on any atom is 0.225 e. The topological polar surface area (TPSA) is 35.9 Å². The van der Waals surface area contributed by atoms with Crippen molar-refractivity contribution in [2.75, 3.05) is 11.9 Å². The highest BCUT2D eigenvalue weighted by molar-refractivity contribution is 8.14. The van der Waals surface area contributed by atoms with Gasteiger partial charge in [-0.1, -0.05) is 43.5 Å². The van der Waals surface area contributed by atoms with Crippen LogP contribution in [-0.4, -0.2) is 40.5 Å². The SMILES string of the molecule is CC(=O)N(c1cccc(F)c1)C1C(C)SC(=NC2CCCCCC2)N1C. The zero-order chi connectivity index (χ0) is 18.7. The molecule has 1 heterocycles. The van der Waals surface area contributed by atoms with Gasteiger partial charge in [0, 0.05) is 24.9 Å². The molecule has 4 nitrogen and oxygen atoms in total. The number of amides is 1. The van der Waals surface area contributed by atoms with Crippen LogP contribution in [-0.2, 0) is 4.79 Å². The predicted octanol–water partition coefficient (Wildman–Crippen LogP) is 4.65. The smallest absolute Gasteiger partial charge is 0.225 e. The molecule has 0 spiro atoms. The van der Waals surface area contributed by atoms with Gasteiger partial charge in [0.15, 0.2) is 5.17 Å². The van der Waals surface area contributed by atoms with Gasteiger partial charge in [-0.25, -0.2) is 4.39 Å². The Kier molecular flexibility index (Phi) is 6.22. The second-order valence-corrected chi connectivity index (χ2v) is 8.62. The Hall–Kier alpha value is -1.56. The van der Waals surface area contributed by atoms with Gasteiger partial charge in [0.1, 0.15) is 12.0 Å². The van der Waals surface area contributed by atoms with E-state index in [4.69, 9.17) is 4.99 Å². The third-order valence-corrected chi connectivity index (χ3v) is 6.44. The van der Waals surface area contributed by atoms with Crippen LogP contribution < -0.4 is 4.90 Å². The van der Waals surface area contributed by atoms with E-state index in [-0.39, 0.29) is 23.1 Å². The molecule has 1 aromatic rings. The van der Waals surface area contributed by atoms with Crippen LogP contribution >= 0.6 is 11.8 Å². The highest BCUT2D eigenvalue weighted by Gasteiger charge is 2.40. The van der Waals surface area contributed by atoms with Crippen LogP contribution in [0, 0.1) is 5.82 Å². The van der Waals surface area contributed by atoms with Crippen LogP contribution in [0.5, 0.6) is 0 Å². The van der Waals surface area contributed by atoms with Gasteiger partial charge >= 0.3 is 0 Å². The average Bonchev–Trinajstić information content (AvgIpc) is 2.78. The van der Waals surface area contributed by atoms with E-state index in [2.05, 4.69) is 11.8 Å². The zero-order valence-corrected chi connectivity index (χ0v) is 16.6. The Labute approximate surface area is 159 Å². The lowest BCUT2D eigenvalue weighted by molar-refractivity contribution is -0.117. The molecule has 2 atom stereocenters. The summed E-state index contributed by atoms with van der Waals surface area (Å²) < 4.78 is 13.7. The number of carbonyl (C=O) groups is 1. The molecule has 1 aromatic carbocycles. The number of aliphatic imine (C=N–C) groups is 1. The van der Waals surface area contributed by atoms with Gasteiger partial charge in [-0.3, -0.25) is 14.7 Å². The fraction of sp³-hybridized carbons (Fsp3) is 0.600. The maximum absolute atomic E-state index is 13.7. The van der Waals surface area contributed by atoms with Crippen molar-refractivity contribution in [1.82, 2.24) is 4.90 Å². The van der Waals surface area contributed by atoms with Crippen molar-refractivity contribution < 1.29 is 9.18 Å². The molecule has 0 radical (unpaired) electrons. The number of benzene rings is 1. The summed E-state index contributed by atoms with van der Waals surface area (Å²) in [5, 5.41) is 1.16. The minimum Gasteiger partial charge on any atom is -0.333 e. The Morgan fingerprint density at radius 2 is 1.96 bits per heavy atom. The summed E-state index contributed by atoms with van der Waals surface area (Å²) in [6.45, 7) is 3.65. The molecule has 3 rings (SSSR count). The molecule has 1 aliphatic heterocycles. The Morgan fingerprint density at radius 3 is 2.58 bits per heavy atom.